The fourth-order valence-electron chi connectivity index (χ4n) is 1.74. The normalized spacial score (nSPS) is 32.8. The van der Waals surface area contributed by atoms with Gasteiger partial charge in [-0.2, -0.15) is 0 Å². The molecular weight excluding hydrogens is 158 g/mol. The fraction of sp³-hybridized carbons (Fsp3) is 0.875. The van der Waals surface area contributed by atoms with E-state index in [0.717, 1.165) is 19.3 Å². The third kappa shape index (κ3) is 1.95. The average molecular weight is 173 g/mol. The molecule has 4 heteroatoms. The van der Waals surface area contributed by atoms with Gasteiger partial charge < -0.3 is 15.9 Å². The Bertz CT molecular complexity index is 172. The smallest absolute Gasteiger partial charge is 0.320 e. The van der Waals surface area contributed by atoms with E-state index in [1.54, 1.807) is 0 Å². The fourth-order valence-corrected chi connectivity index (χ4v) is 1.74. The Balaban J connectivity index is 2.53. The van der Waals surface area contributed by atoms with Gasteiger partial charge in [-0.3, -0.25) is 4.79 Å². The number of aliphatic hydroxyl groups excluding tert-OH is 1. The zero-order valence-corrected chi connectivity index (χ0v) is 6.94. The maximum atomic E-state index is 10.5. The van der Waals surface area contributed by atoms with Crippen LogP contribution in [0, 0.1) is 5.92 Å². The molecule has 1 aliphatic rings. The van der Waals surface area contributed by atoms with Crippen molar-refractivity contribution < 1.29 is 15.0 Å². The van der Waals surface area contributed by atoms with Crippen LogP contribution in [-0.2, 0) is 4.79 Å². The van der Waals surface area contributed by atoms with E-state index in [2.05, 4.69) is 0 Å². The monoisotopic (exact) mass is 173 g/mol. The van der Waals surface area contributed by atoms with E-state index in [9.17, 15) is 9.90 Å². The van der Waals surface area contributed by atoms with Crippen molar-refractivity contribution in [3.8, 4) is 0 Å². The van der Waals surface area contributed by atoms with Crippen molar-refractivity contribution in [2.24, 2.45) is 11.7 Å². The Morgan fingerprint density at radius 3 is 2.50 bits per heavy atom. The molecule has 0 aromatic heterocycles. The van der Waals surface area contributed by atoms with E-state index < -0.39 is 18.1 Å². The lowest BCUT2D eigenvalue weighted by Gasteiger charge is -2.29. The second-order valence-corrected chi connectivity index (χ2v) is 3.38. The van der Waals surface area contributed by atoms with Crippen LogP contribution in [0.3, 0.4) is 0 Å². The Morgan fingerprint density at radius 2 is 2.00 bits per heavy atom. The van der Waals surface area contributed by atoms with Gasteiger partial charge in [-0.15, -0.1) is 0 Å². The SMILES string of the molecule is N[C@H](C(=O)O)C1CCCCC1O. The van der Waals surface area contributed by atoms with Crippen molar-refractivity contribution >= 4 is 5.97 Å². The molecule has 0 radical (unpaired) electrons. The molecule has 1 fully saturated rings. The van der Waals surface area contributed by atoms with Crippen LogP contribution in [-0.4, -0.2) is 28.3 Å². The molecule has 1 aliphatic carbocycles. The number of hydrogen-bond donors (Lipinski definition) is 3. The van der Waals surface area contributed by atoms with Crippen LogP contribution in [0.5, 0.6) is 0 Å². The van der Waals surface area contributed by atoms with E-state index in [1.807, 2.05) is 0 Å². The zero-order chi connectivity index (χ0) is 9.14. The topological polar surface area (TPSA) is 83.6 Å². The first-order chi connectivity index (χ1) is 5.63. The number of aliphatic carboxylic acids is 1. The molecule has 0 saturated heterocycles. The lowest BCUT2D eigenvalue weighted by atomic mass is 9.82. The summed E-state index contributed by atoms with van der Waals surface area (Å²) in [4.78, 5) is 10.5. The maximum absolute atomic E-state index is 10.5. The second kappa shape index (κ2) is 3.87. The predicted molar refractivity (Wildman–Crippen MR) is 43.6 cm³/mol. The van der Waals surface area contributed by atoms with Crippen LogP contribution in [0.2, 0.25) is 0 Å². The molecule has 4 nitrogen and oxygen atoms in total. The van der Waals surface area contributed by atoms with Crippen LogP contribution < -0.4 is 5.73 Å². The van der Waals surface area contributed by atoms with Crippen molar-refractivity contribution in [3.05, 3.63) is 0 Å². The molecule has 0 bridgehead atoms. The second-order valence-electron chi connectivity index (χ2n) is 3.38. The molecule has 0 aromatic rings. The zero-order valence-electron chi connectivity index (χ0n) is 6.94. The van der Waals surface area contributed by atoms with Crippen molar-refractivity contribution in [1.82, 2.24) is 0 Å². The lowest BCUT2D eigenvalue weighted by molar-refractivity contribution is -0.141. The van der Waals surface area contributed by atoms with Crippen molar-refractivity contribution in [2.45, 2.75) is 37.8 Å². The van der Waals surface area contributed by atoms with Gasteiger partial charge in [0.15, 0.2) is 0 Å². The minimum Gasteiger partial charge on any atom is -0.480 e. The quantitative estimate of drug-likeness (QED) is 0.546. The number of rotatable bonds is 2. The van der Waals surface area contributed by atoms with Crippen molar-refractivity contribution in [1.29, 1.82) is 0 Å². The summed E-state index contributed by atoms with van der Waals surface area (Å²) in [6, 6.07) is -0.903. The van der Waals surface area contributed by atoms with E-state index in [4.69, 9.17) is 10.8 Å². The van der Waals surface area contributed by atoms with Crippen molar-refractivity contribution in [3.63, 3.8) is 0 Å². The van der Waals surface area contributed by atoms with Gasteiger partial charge in [0.2, 0.25) is 0 Å². The molecule has 0 amide bonds. The highest BCUT2D eigenvalue weighted by atomic mass is 16.4. The third-order valence-corrected chi connectivity index (χ3v) is 2.53. The maximum Gasteiger partial charge on any atom is 0.320 e. The third-order valence-electron chi connectivity index (χ3n) is 2.53. The summed E-state index contributed by atoms with van der Waals surface area (Å²) in [6.45, 7) is 0. The summed E-state index contributed by atoms with van der Waals surface area (Å²) < 4.78 is 0. The highest BCUT2D eigenvalue weighted by Crippen LogP contribution is 2.26. The highest BCUT2D eigenvalue weighted by molar-refractivity contribution is 5.73. The van der Waals surface area contributed by atoms with Gasteiger partial charge in [-0.05, 0) is 12.8 Å². The predicted octanol–water partition coefficient (Wildman–Crippen LogP) is -0.0506. The summed E-state index contributed by atoms with van der Waals surface area (Å²) >= 11 is 0. The first-order valence-electron chi connectivity index (χ1n) is 4.29. The largest absolute Gasteiger partial charge is 0.480 e. The lowest BCUT2D eigenvalue weighted by Crippen LogP contribution is -2.45. The molecule has 12 heavy (non-hydrogen) atoms. The van der Waals surface area contributed by atoms with E-state index in [1.165, 1.54) is 0 Å². The van der Waals surface area contributed by atoms with Crippen molar-refractivity contribution in [2.75, 3.05) is 0 Å². The van der Waals surface area contributed by atoms with Gasteiger partial charge in [0, 0.05) is 5.92 Å². The molecule has 0 spiro atoms. The molecule has 0 aliphatic heterocycles. The van der Waals surface area contributed by atoms with E-state index >= 15 is 0 Å². The van der Waals surface area contributed by atoms with E-state index in [-0.39, 0.29) is 5.92 Å². The van der Waals surface area contributed by atoms with Crippen LogP contribution in [0.4, 0.5) is 0 Å². The summed E-state index contributed by atoms with van der Waals surface area (Å²) in [5.41, 5.74) is 5.42. The summed E-state index contributed by atoms with van der Waals surface area (Å²) in [7, 11) is 0. The van der Waals surface area contributed by atoms with Gasteiger partial charge in [0.1, 0.15) is 6.04 Å². The Hall–Kier alpha value is -0.610. The Labute approximate surface area is 71.4 Å². The van der Waals surface area contributed by atoms with Gasteiger partial charge in [-0.25, -0.2) is 0 Å². The molecule has 2 unspecified atom stereocenters. The number of carboxylic acid groups (broad SMARTS) is 1. The van der Waals surface area contributed by atoms with Crippen LogP contribution in [0.1, 0.15) is 25.7 Å². The molecule has 4 N–H and O–H groups in total. The van der Waals surface area contributed by atoms with Crippen LogP contribution in [0.15, 0.2) is 0 Å². The van der Waals surface area contributed by atoms with E-state index in [0.29, 0.717) is 6.42 Å². The average Bonchev–Trinajstić information content (AvgIpc) is 2.04. The summed E-state index contributed by atoms with van der Waals surface area (Å²) in [5, 5.41) is 18.1. The molecule has 0 aromatic carbocycles. The van der Waals surface area contributed by atoms with Gasteiger partial charge in [-0.1, -0.05) is 12.8 Å². The molecule has 0 heterocycles. The van der Waals surface area contributed by atoms with Gasteiger partial charge >= 0.3 is 5.97 Å². The standard InChI is InChI=1S/C8H15NO3/c9-7(8(11)12)5-3-1-2-4-6(5)10/h5-7,10H,1-4,9H2,(H,11,12)/t5?,6?,7-/m0/s1. The Kier molecular flexibility index (Phi) is 3.05. The molecule has 3 atom stereocenters. The van der Waals surface area contributed by atoms with Gasteiger partial charge in [0.05, 0.1) is 6.10 Å². The number of carbonyl (C=O) groups is 1. The Morgan fingerprint density at radius 1 is 1.42 bits per heavy atom. The number of carboxylic acids is 1. The van der Waals surface area contributed by atoms with Crippen LogP contribution >= 0.6 is 0 Å². The van der Waals surface area contributed by atoms with Crippen LogP contribution in [0.25, 0.3) is 0 Å². The molecule has 70 valence electrons. The number of hydrogen-bond acceptors (Lipinski definition) is 3. The van der Waals surface area contributed by atoms with Gasteiger partial charge in [0.25, 0.3) is 0 Å². The first-order valence-corrected chi connectivity index (χ1v) is 4.29. The minimum absolute atomic E-state index is 0.253. The molecule has 1 rings (SSSR count). The minimum atomic E-state index is -1.01. The summed E-state index contributed by atoms with van der Waals surface area (Å²) in [5.74, 6) is -1.27. The molecule has 1 saturated carbocycles. The summed E-state index contributed by atoms with van der Waals surface area (Å²) in [6.07, 6.45) is 2.84. The highest BCUT2D eigenvalue weighted by Gasteiger charge is 2.32. The first kappa shape index (κ1) is 9.48. The molecular formula is C8H15NO3. The number of aliphatic hydroxyl groups is 1. The number of nitrogens with two attached hydrogens (primary N) is 1.